The van der Waals surface area contributed by atoms with E-state index in [0.29, 0.717) is 0 Å². The van der Waals surface area contributed by atoms with Gasteiger partial charge in [0, 0.05) is 6.08 Å². The first-order valence-corrected chi connectivity index (χ1v) is 6.64. The van der Waals surface area contributed by atoms with Crippen molar-refractivity contribution in [3.63, 3.8) is 0 Å². The molecule has 3 N–H and O–H groups in total. The number of thioether (sulfide) groups is 1. The quantitative estimate of drug-likeness (QED) is 0.264. The lowest BCUT2D eigenvalue weighted by atomic mass is 10.6. The average molecular weight is 306 g/mol. The molecule has 0 fully saturated rings. The van der Waals surface area contributed by atoms with E-state index in [1.807, 2.05) is 0 Å². The first kappa shape index (κ1) is 17.4. The van der Waals surface area contributed by atoms with E-state index in [0.717, 1.165) is 17.8 Å². The van der Waals surface area contributed by atoms with Crippen LogP contribution in [-0.2, 0) is 23.9 Å². The van der Waals surface area contributed by atoms with Crippen molar-refractivity contribution >= 4 is 46.9 Å². The third-order valence-corrected chi connectivity index (χ3v) is 2.48. The van der Waals surface area contributed by atoms with E-state index in [4.69, 9.17) is 10.5 Å². The summed E-state index contributed by atoms with van der Waals surface area (Å²) in [4.78, 5) is 32.9. The van der Waals surface area contributed by atoms with Gasteiger partial charge in [-0.1, -0.05) is 6.58 Å². The number of carbonyl (C=O) groups is 3. The van der Waals surface area contributed by atoms with Crippen LogP contribution in [0.2, 0.25) is 0 Å². The Balaban J connectivity index is 3.54. The number of carbonyl (C=O) groups excluding carboxylic acids is 3. The highest BCUT2D eigenvalue weighted by atomic mass is 32.2. The minimum Gasteiger partial charge on any atom is -0.461 e. The summed E-state index contributed by atoms with van der Waals surface area (Å²) in [7, 11) is 0. The number of thiocarbonyl (C=S) groups is 1. The molecule has 0 rings (SSSR count). The Bertz CT molecular complexity index is 373. The molecule has 0 atom stereocenters. The summed E-state index contributed by atoms with van der Waals surface area (Å²) in [5.74, 6) is -1.44. The molecule has 0 aliphatic carbocycles. The lowest BCUT2D eigenvalue weighted by Crippen LogP contribution is -2.36. The second kappa shape index (κ2) is 10.3. The summed E-state index contributed by atoms with van der Waals surface area (Å²) in [5.41, 5.74) is 5.09. The van der Waals surface area contributed by atoms with Gasteiger partial charge in [-0.25, -0.2) is 4.79 Å². The van der Waals surface area contributed by atoms with Crippen LogP contribution in [0, 0.1) is 0 Å². The van der Waals surface area contributed by atoms with E-state index in [-0.39, 0.29) is 35.7 Å². The smallest absolute Gasteiger partial charge is 0.330 e. The van der Waals surface area contributed by atoms with Crippen LogP contribution in [-0.4, -0.2) is 47.7 Å². The second-order valence-electron chi connectivity index (χ2n) is 3.00. The van der Waals surface area contributed by atoms with Crippen LogP contribution in [0.15, 0.2) is 12.7 Å². The first-order chi connectivity index (χ1) is 8.95. The minimum absolute atomic E-state index is 0.000157. The number of rotatable bonds is 8. The molecule has 0 unspecified atom stereocenters. The van der Waals surface area contributed by atoms with Gasteiger partial charge in [-0.05, 0) is 12.2 Å². The van der Waals surface area contributed by atoms with Gasteiger partial charge in [-0.2, -0.15) is 0 Å². The third-order valence-electron chi connectivity index (χ3n) is 1.47. The normalized spacial score (nSPS) is 9.26. The molecule has 0 saturated heterocycles. The maximum Gasteiger partial charge on any atom is 0.330 e. The van der Waals surface area contributed by atoms with Gasteiger partial charge in [-0.15, -0.1) is 11.8 Å². The zero-order valence-electron chi connectivity index (χ0n) is 10.0. The fourth-order valence-corrected chi connectivity index (χ4v) is 1.52. The molecule has 0 heterocycles. The molecule has 0 aromatic carbocycles. The first-order valence-electron chi connectivity index (χ1n) is 5.07. The van der Waals surface area contributed by atoms with Crippen LogP contribution in [0.25, 0.3) is 0 Å². The number of hydrogen-bond acceptors (Lipinski definition) is 7. The number of hydrogen-bond donors (Lipinski definition) is 2. The van der Waals surface area contributed by atoms with Gasteiger partial charge in [0.25, 0.3) is 0 Å². The monoisotopic (exact) mass is 306 g/mol. The number of esters is 2. The number of nitrogens with two attached hydrogens (primary N) is 1. The topological polar surface area (TPSA) is 108 Å². The van der Waals surface area contributed by atoms with E-state index < -0.39 is 11.9 Å². The van der Waals surface area contributed by atoms with Crippen LogP contribution in [0.1, 0.15) is 0 Å². The third kappa shape index (κ3) is 11.2. The zero-order chi connectivity index (χ0) is 14.7. The molecule has 0 aromatic heterocycles. The Morgan fingerprint density at radius 1 is 1.26 bits per heavy atom. The number of amides is 1. The van der Waals surface area contributed by atoms with Crippen molar-refractivity contribution in [3.05, 3.63) is 12.7 Å². The summed E-state index contributed by atoms with van der Waals surface area (Å²) in [6.07, 6.45) is 1.01. The van der Waals surface area contributed by atoms with Gasteiger partial charge in [0.15, 0.2) is 5.11 Å². The van der Waals surface area contributed by atoms with E-state index in [9.17, 15) is 14.4 Å². The maximum atomic E-state index is 11.2. The standard InChI is InChI=1S/C10H14N2O5S2/c1-2-8(14)16-3-4-17-9(15)6-19-5-7(13)12-10(11)18/h2H,1,3-6H2,(H3,11,12,13,18). The lowest BCUT2D eigenvalue weighted by molar-refractivity contribution is -0.147. The predicted octanol–water partition coefficient (Wildman–Crippen LogP) is -0.648. The van der Waals surface area contributed by atoms with Crippen molar-refractivity contribution in [2.75, 3.05) is 24.7 Å². The molecule has 7 nitrogen and oxygen atoms in total. The highest BCUT2D eigenvalue weighted by Gasteiger charge is 2.07. The van der Waals surface area contributed by atoms with Gasteiger partial charge >= 0.3 is 11.9 Å². The Morgan fingerprint density at radius 3 is 2.47 bits per heavy atom. The lowest BCUT2D eigenvalue weighted by Gasteiger charge is -2.05. The van der Waals surface area contributed by atoms with E-state index in [2.05, 4.69) is 28.9 Å². The van der Waals surface area contributed by atoms with Crippen molar-refractivity contribution in [1.82, 2.24) is 5.32 Å². The van der Waals surface area contributed by atoms with Crippen LogP contribution in [0.3, 0.4) is 0 Å². The van der Waals surface area contributed by atoms with Crippen molar-refractivity contribution in [2.24, 2.45) is 5.73 Å². The fourth-order valence-electron chi connectivity index (χ4n) is 0.799. The SMILES string of the molecule is C=CC(=O)OCCOC(=O)CSCC(=O)NC(N)=S. The highest BCUT2D eigenvalue weighted by Crippen LogP contribution is 2.00. The summed E-state index contributed by atoms with van der Waals surface area (Å²) >= 11 is 5.53. The number of ether oxygens (including phenoxy) is 2. The molecular formula is C10H14N2O5S2. The van der Waals surface area contributed by atoms with Gasteiger partial charge in [-0.3, -0.25) is 9.59 Å². The van der Waals surface area contributed by atoms with Gasteiger partial charge in [0.1, 0.15) is 13.2 Å². The van der Waals surface area contributed by atoms with Crippen molar-refractivity contribution in [2.45, 2.75) is 0 Å². The Kier molecular flexibility index (Phi) is 9.45. The molecule has 0 spiro atoms. The van der Waals surface area contributed by atoms with E-state index >= 15 is 0 Å². The van der Waals surface area contributed by atoms with E-state index in [1.165, 1.54) is 0 Å². The number of nitrogens with one attached hydrogen (secondary N) is 1. The summed E-state index contributed by atoms with van der Waals surface area (Å²) in [6.45, 7) is 3.13. The van der Waals surface area contributed by atoms with E-state index in [1.54, 1.807) is 0 Å². The van der Waals surface area contributed by atoms with Crippen molar-refractivity contribution in [3.8, 4) is 0 Å². The summed E-state index contributed by atoms with van der Waals surface area (Å²) < 4.78 is 9.34. The maximum absolute atomic E-state index is 11.2. The molecule has 0 radical (unpaired) electrons. The van der Waals surface area contributed by atoms with Gasteiger partial charge in [0.2, 0.25) is 5.91 Å². The summed E-state index contributed by atoms with van der Waals surface area (Å²) in [5, 5.41) is 2.10. The average Bonchev–Trinajstić information content (AvgIpc) is 2.33. The summed E-state index contributed by atoms with van der Waals surface area (Å²) in [6, 6.07) is 0. The van der Waals surface area contributed by atoms with Gasteiger partial charge in [0.05, 0.1) is 11.5 Å². The Labute approximate surface area is 119 Å². The second-order valence-corrected chi connectivity index (χ2v) is 4.42. The largest absolute Gasteiger partial charge is 0.461 e. The highest BCUT2D eigenvalue weighted by molar-refractivity contribution is 8.00. The molecule has 1 amide bonds. The molecular weight excluding hydrogens is 292 g/mol. The molecule has 0 aliphatic heterocycles. The van der Waals surface area contributed by atoms with Gasteiger partial charge < -0.3 is 20.5 Å². The van der Waals surface area contributed by atoms with Crippen LogP contribution >= 0.6 is 24.0 Å². The van der Waals surface area contributed by atoms with Crippen molar-refractivity contribution in [1.29, 1.82) is 0 Å². The fraction of sp³-hybridized carbons (Fsp3) is 0.400. The van der Waals surface area contributed by atoms with Crippen LogP contribution < -0.4 is 11.1 Å². The molecule has 106 valence electrons. The van der Waals surface area contributed by atoms with Crippen LogP contribution in [0.5, 0.6) is 0 Å². The molecule has 9 heteroatoms. The molecule has 19 heavy (non-hydrogen) atoms. The predicted molar refractivity (Wildman–Crippen MR) is 74.4 cm³/mol. The Morgan fingerprint density at radius 2 is 1.89 bits per heavy atom. The van der Waals surface area contributed by atoms with Crippen molar-refractivity contribution < 1.29 is 23.9 Å². The zero-order valence-corrected chi connectivity index (χ0v) is 11.7. The Hall–Kier alpha value is -1.61. The molecule has 0 aliphatic rings. The molecule has 0 bridgehead atoms. The van der Waals surface area contributed by atoms with Crippen LogP contribution in [0.4, 0.5) is 0 Å². The minimum atomic E-state index is -0.583. The molecule has 0 aromatic rings. The molecule has 0 saturated carbocycles.